The summed E-state index contributed by atoms with van der Waals surface area (Å²) >= 11 is 0. The first-order valence-electron chi connectivity index (χ1n) is 14.8. The van der Waals surface area contributed by atoms with Crippen molar-refractivity contribution in [3.8, 4) is 6.01 Å². The topological polar surface area (TPSA) is 69.4 Å². The maximum Gasteiger partial charge on any atom is 0.318 e. The summed E-state index contributed by atoms with van der Waals surface area (Å²) in [5, 5.41) is 2.52. The fraction of sp³-hybridized carbons (Fsp3) is 0.455. The van der Waals surface area contributed by atoms with E-state index >= 15 is 0 Å². The van der Waals surface area contributed by atoms with Gasteiger partial charge in [-0.1, -0.05) is 36.9 Å². The first-order chi connectivity index (χ1) is 20.4. The summed E-state index contributed by atoms with van der Waals surface area (Å²) in [6.45, 7) is 17.8. The minimum absolute atomic E-state index is 0.121. The minimum atomic E-state index is -0.219. The number of carbonyl (C=O) groups excluding carboxylic acids is 1. The van der Waals surface area contributed by atoms with Gasteiger partial charge in [0, 0.05) is 55.3 Å². The molecule has 0 radical (unpaired) electrons. The predicted octanol–water partition coefficient (Wildman–Crippen LogP) is 3.95. The lowest BCUT2D eigenvalue weighted by atomic mass is 9.99. The van der Waals surface area contributed by atoms with Crippen LogP contribution in [0.3, 0.4) is 0 Å². The van der Waals surface area contributed by atoms with Crippen molar-refractivity contribution < 1.29 is 9.53 Å². The van der Waals surface area contributed by atoms with E-state index in [-0.39, 0.29) is 24.6 Å². The van der Waals surface area contributed by atoms with Crippen molar-refractivity contribution in [2.75, 3.05) is 63.2 Å². The van der Waals surface area contributed by atoms with Gasteiger partial charge in [0.1, 0.15) is 18.0 Å². The van der Waals surface area contributed by atoms with E-state index in [9.17, 15) is 4.79 Å². The zero-order chi connectivity index (χ0) is 29.4. The van der Waals surface area contributed by atoms with E-state index in [1.54, 1.807) is 4.90 Å². The number of ether oxygens (including phenoxy) is 1. The maximum atomic E-state index is 12.5. The fourth-order valence-corrected chi connectivity index (χ4v) is 6.55. The van der Waals surface area contributed by atoms with E-state index in [2.05, 4.69) is 83.5 Å². The molecule has 1 amide bonds. The maximum absolute atomic E-state index is 12.5. The van der Waals surface area contributed by atoms with E-state index in [1.807, 2.05) is 0 Å². The Bertz CT molecular complexity index is 1540. The molecule has 3 atom stereocenters. The molecular formula is C33H39N7O2. The third-order valence-corrected chi connectivity index (χ3v) is 8.71. The van der Waals surface area contributed by atoms with Crippen LogP contribution in [0.2, 0.25) is 0 Å². The molecule has 1 aromatic heterocycles. The third kappa shape index (κ3) is 5.51. The van der Waals surface area contributed by atoms with Gasteiger partial charge in [0.25, 0.3) is 0 Å². The summed E-state index contributed by atoms with van der Waals surface area (Å²) in [6, 6.07) is 13.2. The molecule has 9 heteroatoms. The molecule has 3 aliphatic rings. The minimum Gasteiger partial charge on any atom is -0.460 e. The Morgan fingerprint density at radius 2 is 1.98 bits per heavy atom. The van der Waals surface area contributed by atoms with Crippen molar-refractivity contribution >= 4 is 28.2 Å². The summed E-state index contributed by atoms with van der Waals surface area (Å²) in [5.41, 5.74) is 4.62. The quantitative estimate of drug-likeness (QED) is 0.303. The highest BCUT2D eigenvalue weighted by molar-refractivity contribution is 5.97. The van der Waals surface area contributed by atoms with E-state index in [0.29, 0.717) is 38.1 Å². The van der Waals surface area contributed by atoms with Gasteiger partial charge in [0.05, 0.1) is 12.2 Å². The van der Waals surface area contributed by atoms with Gasteiger partial charge < -0.3 is 29.2 Å². The van der Waals surface area contributed by atoms with Crippen LogP contribution in [-0.2, 0) is 17.8 Å². The van der Waals surface area contributed by atoms with Gasteiger partial charge in [-0.15, -0.1) is 0 Å². The van der Waals surface area contributed by atoms with Gasteiger partial charge in [0.2, 0.25) is 12.5 Å². The lowest BCUT2D eigenvalue weighted by Gasteiger charge is -2.41. The van der Waals surface area contributed by atoms with Crippen LogP contribution in [0.25, 0.3) is 15.6 Å². The molecule has 42 heavy (non-hydrogen) atoms. The SMILES string of the molecule is [C-]#[N+]C[C@H]1CN(c2nc(O[C@@H]3C[C@@H]3CN(C)C)nc3c2CCN(c2cccc4cccc(C)c24)C3)CCN1C(=O)C=C. The Kier molecular flexibility index (Phi) is 7.74. The molecule has 9 nitrogen and oxygen atoms in total. The summed E-state index contributed by atoms with van der Waals surface area (Å²) < 4.78 is 6.40. The smallest absolute Gasteiger partial charge is 0.318 e. The van der Waals surface area contributed by atoms with Gasteiger partial charge in [0.15, 0.2) is 0 Å². The highest BCUT2D eigenvalue weighted by Crippen LogP contribution is 2.38. The first-order valence-corrected chi connectivity index (χ1v) is 14.8. The molecule has 218 valence electrons. The second kappa shape index (κ2) is 11.6. The molecule has 1 saturated heterocycles. The van der Waals surface area contributed by atoms with Crippen LogP contribution in [0.1, 0.15) is 23.2 Å². The lowest BCUT2D eigenvalue weighted by Crippen LogP contribution is -2.56. The van der Waals surface area contributed by atoms with Crippen LogP contribution < -0.4 is 14.5 Å². The summed E-state index contributed by atoms with van der Waals surface area (Å²) in [6.07, 6.45) is 3.27. The number of carbonyl (C=O) groups is 1. The van der Waals surface area contributed by atoms with Gasteiger partial charge in [-0.2, -0.15) is 9.97 Å². The number of aryl methyl sites for hydroxylation is 1. The zero-order valence-electron chi connectivity index (χ0n) is 24.8. The number of fused-ring (bicyclic) bond motifs is 2. The Balaban J connectivity index is 1.34. The molecule has 3 aromatic rings. The van der Waals surface area contributed by atoms with Crippen molar-refractivity contribution in [3.05, 3.63) is 77.3 Å². The van der Waals surface area contributed by atoms with E-state index in [0.717, 1.165) is 43.0 Å². The van der Waals surface area contributed by atoms with Crippen molar-refractivity contribution in [2.45, 2.75) is 38.5 Å². The summed E-state index contributed by atoms with van der Waals surface area (Å²) in [5.74, 6) is 1.24. The second-order valence-electron chi connectivity index (χ2n) is 12.0. The van der Waals surface area contributed by atoms with E-state index < -0.39 is 0 Å². The fourth-order valence-electron chi connectivity index (χ4n) is 6.55. The molecule has 2 aromatic carbocycles. The van der Waals surface area contributed by atoms with Gasteiger partial charge in [-0.05, 0) is 57.0 Å². The molecule has 0 unspecified atom stereocenters. The van der Waals surface area contributed by atoms with Gasteiger partial charge in [-0.3, -0.25) is 4.79 Å². The van der Waals surface area contributed by atoms with Crippen LogP contribution in [0, 0.1) is 19.4 Å². The number of amides is 1. The molecule has 1 aliphatic carbocycles. The van der Waals surface area contributed by atoms with Crippen molar-refractivity contribution in [3.63, 3.8) is 0 Å². The van der Waals surface area contributed by atoms with Crippen LogP contribution >= 0.6 is 0 Å². The average Bonchev–Trinajstić information content (AvgIpc) is 3.71. The summed E-state index contributed by atoms with van der Waals surface area (Å²) in [4.78, 5) is 34.8. The normalized spacial score (nSPS) is 21.7. The molecule has 2 aliphatic heterocycles. The predicted molar refractivity (Wildman–Crippen MR) is 166 cm³/mol. The van der Waals surface area contributed by atoms with Gasteiger partial charge in [-0.25, -0.2) is 6.57 Å². The Labute approximate surface area is 248 Å². The largest absolute Gasteiger partial charge is 0.460 e. The molecular weight excluding hydrogens is 526 g/mol. The number of benzene rings is 2. The molecule has 0 N–H and O–H groups in total. The lowest BCUT2D eigenvalue weighted by molar-refractivity contribution is -0.128. The second-order valence-corrected chi connectivity index (χ2v) is 12.0. The number of aromatic nitrogens is 2. The summed E-state index contributed by atoms with van der Waals surface area (Å²) in [7, 11) is 4.17. The third-order valence-electron chi connectivity index (χ3n) is 8.71. The van der Waals surface area contributed by atoms with Crippen LogP contribution in [0.15, 0.2) is 49.1 Å². The number of piperazine rings is 1. The average molecular weight is 566 g/mol. The Hall–Kier alpha value is -4.16. The van der Waals surface area contributed by atoms with Crippen LogP contribution in [-0.4, -0.2) is 91.2 Å². The number of nitrogens with zero attached hydrogens (tertiary/aromatic N) is 7. The van der Waals surface area contributed by atoms with Crippen LogP contribution in [0.4, 0.5) is 11.5 Å². The zero-order valence-corrected chi connectivity index (χ0v) is 24.8. The monoisotopic (exact) mass is 565 g/mol. The number of anilines is 2. The highest BCUT2D eigenvalue weighted by Gasteiger charge is 2.41. The van der Waals surface area contributed by atoms with Gasteiger partial charge >= 0.3 is 6.01 Å². The molecule has 0 bridgehead atoms. The molecule has 6 rings (SSSR count). The molecule has 3 heterocycles. The number of hydrogen-bond donors (Lipinski definition) is 0. The first kappa shape index (κ1) is 28.0. The molecule has 1 saturated carbocycles. The van der Waals surface area contributed by atoms with E-state index in [1.165, 1.54) is 28.1 Å². The van der Waals surface area contributed by atoms with Crippen molar-refractivity contribution in [1.82, 2.24) is 19.8 Å². The molecule has 2 fully saturated rings. The molecule has 0 spiro atoms. The van der Waals surface area contributed by atoms with Crippen LogP contribution in [0.5, 0.6) is 6.01 Å². The van der Waals surface area contributed by atoms with Crippen molar-refractivity contribution in [1.29, 1.82) is 0 Å². The standard InChI is InChI=1S/C33H39N7O2/c1-6-30(41)40-16-15-39(20-25(40)18-34-3)32-26-13-14-38(28-12-8-11-23-10-7-9-22(2)31(23)28)21-27(26)35-33(36-32)42-29-17-24(29)19-37(4)5/h6-12,24-25,29H,1,13-21H2,2,4-5H3/t24-,25+,29-/m1/s1. The highest BCUT2D eigenvalue weighted by atomic mass is 16.5. The number of hydrogen-bond acceptors (Lipinski definition) is 7. The van der Waals surface area contributed by atoms with E-state index in [4.69, 9.17) is 21.3 Å². The Morgan fingerprint density at radius 1 is 1.17 bits per heavy atom. The Morgan fingerprint density at radius 3 is 2.74 bits per heavy atom. The van der Waals surface area contributed by atoms with Crippen molar-refractivity contribution in [2.24, 2.45) is 5.92 Å². The number of rotatable bonds is 8.